The summed E-state index contributed by atoms with van der Waals surface area (Å²) in [5.41, 5.74) is 2.00. The van der Waals surface area contributed by atoms with E-state index < -0.39 is 5.60 Å². The van der Waals surface area contributed by atoms with Crippen molar-refractivity contribution in [3.63, 3.8) is 0 Å². The molecule has 8 nitrogen and oxygen atoms in total. The highest BCUT2D eigenvalue weighted by Gasteiger charge is 2.41. The van der Waals surface area contributed by atoms with Crippen molar-refractivity contribution in [2.75, 3.05) is 26.2 Å². The highest BCUT2D eigenvalue weighted by molar-refractivity contribution is 5.96. The fourth-order valence-corrected chi connectivity index (χ4v) is 4.37. The monoisotopic (exact) mass is 411 g/mol. The highest BCUT2D eigenvalue weighted by Crippen LogP contribution is 2.33. The van der Waals surface area contributed by atoms with Crippen LogP contribution in [0.5, 0.6) is 0 Å². The number of aryl methyl sites for hydroxylation is 1. The highest BCUT2D eigenvalue weighted by atomic mass is 16.6. The molecule has 2 aliphatic rings. The van der Waals surface area contributed by atoms with Gasteiger partial charge in [-0.3, -0.25) is 4.79 Å². The van der Waals surface area contributed by atoms with E-state index in [0.29, 0.717) is 43.6 Å². The molecular formula is C22H29N5O3. The van der Waals surface area contributed by atoms with Crippen LogP contribution in [0.4, 0.5) is 4.79 Å². The molecular weight excluding hydrogens is 382 g/mol. The Hall–Kier alpha value is -2.90. The first-order chi connectivity index (χ1) is 14.2. The van der Waals surface area contributed by atoms with E-state index in [9.17, 15) is 9.59 Å². The van der Waals surface area contributed by atoms with Crippen LogP contribution in [-0.4, -0.2) is 68.3 Å². The van der Waals surface area contributed by atoms with Gasteiger partial charge in [-0.2, -0.15) is 5.10 Å². The van der Waals surface area contributed by atoms with Crippen LogP contribution in [0.1, 0.15) is 43.1 Å². The maximum absolute atomic E-state index is 13.2. The number of rotatable bonds is 2. The summed E-state index contributed by atoms with van der Waals surface area (Å²) in [6.07, 6.45) is 3.78. The molecule has 1 aromatic carbocycles. The summed E-state index contributed by atoms with van der Waals surface area (Å²) in [6, 6.07) is 5.71. The van der Waals surface area contributed by atoms with Crippen LogP contribution in [-0.2, 0) is 4.74 Å². The number of carbonyl (C=O) groups is 2. The smallest absolute Gasteiger partial charge is 0.410 e. The zero-order valence-corrected chi connectivity index (χ0v) is 18.0. The molecule has 30 heavy (non-hydrogen) atoms. The van der Waals surface area contributed by atoms with Crippen molar-refractivity contribution >= 4 is 12.0 Å². The van der Waals surface area contributed by atoms with E-state index >= 15 is 0 Å². The summed E-state index contributed by atoms with van der Waals surface area (Å²) < 4.78 is 7.20. The molecule has 0 N–H and O–H groups in total. The molecule has 0 unspecified atom stereocenters. The molecule has 2 amide bonds. The molecule has 0 bridgehead atoms. The third-order valence-electron chi connectivity index (χ3n) is 5.86. The quantitative estimate of drug-likeness (QED) is 0.759. The minimum atomic E-state index is -0.497. The Kier molecular flexibility index (Phi) is 5.26. The van der Waals surface area contributed by atoms with Crippen molar-refractivity contribution in [2.24, 2.45) is 11.8 Å². The zero-order chi connectivity index (χ0) is 21.5. The number of ether oxygens (including phenoxy) is 1. The molecule has 1 aromatic heterocycles. The lowest BCUT2D eigenvalue weighted by Gasteiger charge is -2.34. The Balaban J connectivity index is 1.42. The van der Waals surface area contributed by atoms with Crippen molar-refractivity contribution in [3.8, 4) is 5.69 Å². The van der Waals surface area contributed by atoms with Gasteiger partial charge < -0.3 is 14.5 Å². The van der Waals surface area contributed by atoms with Gasteiger partial charge in [-0.15, -0.1) is 0 Å². The van der Waals surface area contributed by atoms with Crippen LogP contribution in [0, 0.1) is 18.8 Å². The largest absolute Gasteiger partial charge is 0.444 e. The number of nitrogens with zero attached hydrogens (tertiary/aromatic N) is 5. The van der Waals surface area contributed by atoms with Gasteiger partial charge in [-0.05, 0) is 69.7 Å². The maximum atomic E-state index is 13.2. The Labute approximate surface area is 176 Å². The number of fused-ring (bicyclic) bond motifs is 1. The van der Waals surface area contributed by atoms with Gasteiger partial charge in [0.25, 0.3) is 5.91 Å². The molecule has 0 radical (unpaired) electrons. The summed E-state index contributed by atoms with van der Waals surface area (Å²) in [5.74, 6) is 0.772. The summed E-state index contributed by atoms with van der Waals surface area (Å²) in [5, 5.41) is 4.14. The van der Waals surface area contributed by atoms with Gasteiger partial charge in [-0.1, -0.05) is 0 Å². The second kappa shape index (κ2) is 7.74. The molecule has 0 aliphatic carbocycles. The van der Waals surface area contributed by atoms with E-state index in [4.69, 9.17) is 4.74 Å². The molecule has 0 saturated carbocycles. The number of benzene rings is 1. The number of likely N-dealkylation sites (tertiary alicyclic amines) is 2. The maximum Gasteiger partial charge on any atom is 0.410 e. The zero-order valence-electron chi connectivity index (χ0n) is 18.0. The first kappa shape index (κ1) is 20.4. The van der Waals surface area contributed by atoms with Gasteiger partial charge in [0.05, 0.1) is 5.69 Å². The molecule has 4 rings (SSSR count). The summed E-state index contributed by atoms with van der Waals surface area (Å²) in [7, 11) is 0. The lowest BCUT2D eigenvalue weighted by Crippen LogP contribution is -2.43. The SMILES string of the molecule is Cc1cc(-n2cncn2)ccc1C(=O)N1CC[C@H]2CN(C(=O)OC(C)(C)C)C[C@@H]2C1. The van der Waals surface area contributed by atoms with Crippen LogP contribution in [0.2, 0.25) is 0 Å². The lowest BCUT2D eigenvalue weighted by atomic mass is 9.88. The van der Waals surface area contributed by atoms with Crippen molar-refractivity contribution < 1.29 is 14.3 Å². The molecule has 8 heteroatoms. The van der Waals surface area contributed by atoms with Gasteiger partial charge in [0.2, 0.25) is 0 Å². The topological polar surface area (TPSA) is 80.6 Å². The summed E-state index contributed by atoms with van der Waals surface area (Å²) in [4.78, 5) is 33.3. The van der Waals surface area contributed by atoms with Crippen LogP contribution < -0.4 is 0 Å². The molecule has 3 heterocycles. The Bertz CT molecular complexity index is 935. The number of aromatic nitrogens is 3. The average molecular weight is 412 g/mol. The summed E-state index contributed by atoms with van der Waals surface area (Å²) >= 11 is 0. The number of hydrogen-bond donors (Lipinski definition) is 0. The standard InChI is InChI=1S/C22H29N5O3/c1-15-9-18(27-14-23-13-24-27)5-6-19(15)20(28)25-8-7-16-10-26(12-17(16)11-25)21(29)30-22(2,3)4/h5-6,9,13-14,16-17H,7-8,10-12H2,1-4H3/t16-,17-/m0/s1. The second-order valence-electron chi connectivity index (χ2n) is 9.28. The molecule has 2 aromatic rings. The van der Waals surface area contributed by atoms with Crippen molar-refractivity contribution in [3.05, 3.63) is 42.0 Å². The Morgan fingerprint density at radius 3 is 2.50 bits per heavy atom. The predicted molar refractivity (Wildman–Crippen MR) is 111 cm³/mol. The van der Waals surface area contributed by atoms with Crippen LogP contribution in [0.3, 0.4) is 0 Å². The molecule has 2 atom stereocenters. The van der Waals surface area contributed by atoms with Gasteiger partial charge in [0.15, 0.2) is 0 Å². The van der Waals surface area contributed by atoms with Crippen LogP contribution in [0.15, 0.2) is 30.9 Å². The third-order valence-corrected chi connectivity index (χ3v) is 5.86. The fraction of sp³-hybridized carbons (Fsp3) is 0.545. The predicted octanol–water partition coefficient (Wildman–Crippen LogP) is 2.90. The minimum absolute atomic E-state index is 0.0480. The van der Waals surface area contributed by atoms with Gasteiger partial charge in [0, 0.05) is 31.7 Å². The van der Waals surface area contributed by atoms with Crippen molar-refractivity contribution in [1.82, 2.24) is 24.6 Å². The Morgan fingerprint density at radius 1 is 1.10 bits per heavy atom. The van der Waals surface area contributed by atoms with Crippen LogP contribution >= 0.6 is 0 Å². The molecule has 2 fully saturated rings. The van der Waals surface area contributed by atoms with Gasteiger partial charge in [0.1, 0.15) is 18.3 Å². The molecule has 0 spiro atoms. The van der Waals surface area contributed by atoms with Crippen LogP contribution in [0.25, 0.3) is 5.69 Å². The van der Waals surface area contributed by atoms with E-state index in [-0.39, 0.29) is 12.0 Å². The average Bonchev–Trinajstić information content (AvgIpc) is 3.35. The van der Waals surface area contributed by atoms with Crippen molar-refractivity contribution in [2.45, 2.75) is 39.7 Å². The van der Waals surface area contributed by atoms with E-state index in [1.165, 1.54) is 6.33 Å². The number of piperidine rings is 1. The van der Waals surface area contributed by atoms with Gasteiger partial charge >= 0.3 is 6.09 Å². The van der Waals surface area contributed by atoms with E-state index in [1.54, 1.807) is 15.9 Å². The lowest BCUT2D eigenvalue weighted by molar-refractivity contribution is 0.0284. The van der Waals surface area contributed by atoms with Crippen molar-refractivity contribution in [1.29, 1.82) is 0 Å². The normalized spacial score (nSPS) is 21.5. The first-order valence-electron chi connectivity index (χ1n) is 10.4. The molecule has 160 valence electrons. The van der Waals surface area contributed by atoms with E-state index in [2.05, 4.69) is 10.1 Å². The molecule has 2 aliphatic heterocycles. The summed E-state index contributed by atoms with van der Waals surface area (Å²) in [6.45, 7) is 10.3. The number of hydrogen-bond acceptors (Lipinski definition) is 5. The number of carbonyl (C=O) groups excluding carboxylic acids is 2. The van der Waals surface area contributed by atoms with Gasteiger partial charge in [-0.25, -0.2) is 14.5 Å². The van der Waals surface area contributed by atoms with E-state index in [0.717, 1.165) is 17.7 Å². The Morgan fingerprint density at radius 2 is 1.83 bits per heavy atom. The van der Waals surface area contributed by atoms with E-state index in [1.807, 2.05) is 50.8 Å². The molecule has 2 saturated heterocycles. The fourth-order valence-electron chi connectivity index (χ4n) is 4.37. The second-order valence-corrected chi connectivity index (χ2v) is 9.28. The third kappa shape index (κ3) is 4.17. The first-order valence-corrected chi connectivity index (χ1v) is 10.4. The minimum Gasteiger partial charge on any atom is -0.444 e. The number of amides is 2.